The fraction of sp³-hybridized carbons (Fsp3) is 0.312. The molecule has 2 aromatic rings. The maximum absolute atomic E-state index is 12.1. The summed E-state index contributed by atoms with van der Waals surface area (Å²) in [6.07, 6.45) is 0.166. The van der Waals surface area contributed by atoms with Crippen LogP contribution in [0.1, 0.15) is 12.0 Å². The highest BCUT2D eigenvalue weighted by molar-refractivity contribution is 5.99. The van der Waals surface area contributed by atoms with Crippen LogP contribution in [0, 0.1) is 12.8 Å². The van der Waals surface area contributed by atoms with Crippen molar-refractivity contribution in [2.75, 3.05) is 18.6 Å². The van der Waals surface area contributed by atoms with Crippen molar-refractivity contribution in [3.05, 3.63) is 35.9 Å². The molecule has 1 atom stereocenters. The Labute approximate surface area is 128 Å². The predicted octanol–water partition coefficient (Wildman–Crippen LogP) is 1.91. The van der Waals surface area contributed by atoms with Gasteiger partial charge in [0.25, 0.3) is 0 Å². The van der Waals surface area contributed by atoms with Gasteiger partial charge in [-0.1, -0.05) is 29.8 Å². The number of ether oxygens (including phenoxy) is 1. The van der Waals surface area contributed by atoms with Gasteiger partial charge < -0.3 is 4.74 Å². The summed E-state index contributed by atoms with van der Waals surface area (Å²) in [5, 5.41) is 7.13. The molecule has 0 aliphatic carbocycles. The maximum atomic E-state index is 12.1. The van der Waals surface area contributed by atoms with Crippen molar-refractivity contribution in [2.24, 2.45) is 5.92 Å². The van der Waals surface area contributed by atoms with Crippen LogP contribution < -0.4 is 4.90 Å². The standard InChI is InChI=1S/C16H17N3O3/c1-10-3-5-11(6-4-10)13-8-14(18-17-13)19-9-12(7-15(19)20)16(21)22-2/h3-6,8,12H,7,9H2,1-2H3,(H,17,18). The molecule has 22 heavy (non-hydrogen) atoms. The lowest BCUT2D eigenvalue weighted by atomic mass is 10.1. The Morgan fingerprint density at radius 1 is 1.36 bits per heavy atom. The number of benzene rings is 1. The molecule has 114 valence electrons. The molecular weight excluding hydrogens is 282 g/mol. The summed E-state index contributed by atoms with van der Waals surface area (Å²) in [6, 6.07) is 9.85. The van der Waals surface area contributed by atoms with E-state index in [9.17, 15) is 9.59 Å². The minimum absolute atomic E-state index is 0.114. The summed E-state index contributed by atoms with van der Waals surface area (Å²) in [5.74, 6) is -0.355. The zero-order chi connectivity index (χ0) is 15.7. The van der Waals surface area contributed by atoms with Crippen molar-refractivity contribution in [3.63, 3.8) is 0 Å². The molecule has 1 N–H and O–H groups in total. The molecule has 0 saturated carbocycles. The van der Waals surface area contributed by atoms with E-state index in [1.54, 1.807) is 0 Å². The number of aryl methyl sites for hydroxylation is 1. The number of methoxy groups -OCH3 is 1. The number of hydrogen-bond acceptors (Lipinski definition) is 4. The fourth-order valence-corrected chi connectivity index (χ4v) is 2.58. The van der Waals surface area contributed by atoms with Crippen LogP contribution in [0.3, 0.4) is 0 Å². The quantitative estimate of drug-likeness (QED) is 0.878. The first-order valence-corrected chi connectivity index (χ1v) is 7.09. The van der Waals surface area contributed by atoms with E-state index in [1.807, 2.05) is 37.3 Å². The van der Waals surface area contributed by atoms with Crippen LogP contribution in [0.5, 0.6) is 0 Å². The molecular formula is C16H17N3O3. The van der Waals surface area contributed by atoms with Crippen LogP contribution in [0.4, 0.5) is 5.82 Å². The number of nitrogens with one attached hydrogen (secondary N) is 1. The normalized spacial score (nSPS) is 17.8. The number of aromatic nitrogens is 2. The largest absolute Gasteiger partial charge is 0.469 e. The molecule has 0 radical (unpaired) electrons. The number of carbonyl (C=O) groups is 2. The van der Waals surface area contributed by atoms with E-state index >= 15 is 0 Å². The molecule has 0 spiro atoms. The first-order valence-electron chi connectivity index (χ1n) is 7.09. The van der Waals surface area contributed by atoms with E-state index in [0.29, 0.717) is 12.4 Å². The average molecular weight is 299 g/mol. The second-order valence-corrected chi connectivity index (χ2v) is 5.43. The number of esters is 1. The lowest BCUT2D eigenvalue weighted by Gasteiger charge is -2.12. The minimum atomic E-state index is -0.419. The number of anilines is 1. The summed E-state index contributed by atoms with van der Waals surface area (Å²) in [7, 11) is 1.33. The Morgan fingerprint density at radius 3 is 2.77 bits per heavy atom. The van der Waals surface area contributed by atoms with Crippen molar-refractivity contribution in [1.29, 1.82) is 0 Å². The molecule has 3 rings (SSSR count). The SMILES string of the molecule is COC(=O)C1CC(=O)N(c2cc(-c3ccc(C)cc3)[nH]n2)C1. The van der Waals surface area contributed by atoms with E-state index in [-0.39, 0.29) is 18.3 Å². The third kappa shape index (κ3) is 2.59. The highest BCUT2D eigenvalue weighted by Crippen LogP contribution is 2.27. The molecule has 6 heteroatoms. The Hall–Kier alpha value is -2.63. The number of H-pyrrole nitrogens is 1. The number of aromatic amines is 1. The zero-order valence-electron chi connectivity index (χ0n) is 12.5. The summed E-state index contributed by atoms with van der Waals surface area (Å²) < 4.78 is 4.71. The molecule has 1 amide bonds. The van der Waals surface area contributed by atoms with Crippen molar-refractivity contribution in [2.45, 2.75) is 13.3 Å². The van der Waals surface area contributed by atoms with E-state index in [1.165, 1.54) is 17.6 Å². The number of hydrogen-bond donors (Lipinski definition) is 1. The summed E-state index contributed by atoms with van der Waals surface area (Å²) >= 11 is 0. The van der Waals surface area contributed by atoms with E-state index in [4.69, 9.17) is 4.74 Å². The lowest BCUT2D eigenvalue weighted by molar-refractivity contribution is -0.145. The van der Waals surface area contributed by atoms with E-state index < -0.39 is 5.92 Å². The molecule has 1 fully saturated rings. The van der Waals surface area contributed by atoms with Gasteiger partial charge in [-0.05, 0) is 12.5 Å². The fourth-order valence-electron chi connectivity index (χ4n) is 2.58. The first-order chi connectivity index (χ1) is 10.6. The van der Waals surface area contributed by atoms with Crippen molar-refractivity contribution in [3.8, 4) is 11.3 Å². The smallest absolute Gasteiger partial charge is 0.311 e. The van der Waals surface area contributed by atoms with Crippen molar-refractivity contribution < 1.29 is 14.3 Å². The van der Waals surface area contributed by atoms with Crippen molar-refractivity contribution in [1.82, 2.24) is 10.2 Å². The Morgan fingerprint density at radius 2 is 2.09 bits per heavy atom. The van der Waals surface area contributed by atoms with Crippen LogP contribution in [0.25, 0.3) is 11.3 Å². The van der Waals surface area contributed by atoms with E-state index in [2.05, 4.69) is 10.2 Å². The van der Waals surface area contributed by atoms with Gasteiger partial charge in [0, 0.05) is 19.0 Å². The number of rotatable bonds is 3. The number of carbonyl (C=O) groups excluding carboxylic acids is 2. The second kappa shape index (κ2) is 5.63. The van der Waals surface area contributed by atoms with Crippen LogP contribution >= 0.6 is 0 Å². The second-order valence-electron chi connectivity index (χ2n) is 5.43. The van der Waals surface area contributed by atoms with Gasteiger partial charge in [-0.25, -0.2) is 0 Å². The van der Waals surface area contributed by atoms with Gasteiger partial charge in [0.15, 0.2) is 5.82 Å². The van der Waals surface area contributed by atoms with Gasteiger partial charge in [-0.2, -0.15) is 5.10 Å². The Bertz CT molecular complexity index is 706. The molecule has 0 bridgehead atoms. The third-order valence-corrected chi connectivity index (χ3v) is 3.86. The third-order valence-electron chi connectivity index (χ3n) is 3.86. The summed E-state index contributed by atoms with van der Waals surface area (Å²) in [4.78, 5) is 25.1. The topological polar surface area (TPSA) is 75.3 Å². The van der Waals surface area contributed by atoms with Gasteiger partial charge >= 0.3 is 5.97 Å². The summed E-state index contributed by atoms with van der Waals surface area (Å²) in [6.45, 7) is 2.34. The summed E-state index contributed by atoms with van der Waals surface area (Å²) in [5.41, 5.74) is 3.02. The van der Waals surface area contributed by atoms with Gasteiger partial charge in [0.1, 0.15) is 0 Å². The number of amides is 1. The molecule has 1 unspecified atom stereocenters. The van der Waals surface area contributed by atoms with Crippen LogP contribution in [0.15, 0.2) is 30.3 Å². The predicted molar refractivity (Wildman–Crippen MR) is 81.2 cm³/mol. The van der Waals surface area contributed by atoms with Gasteiger partial charge in [-0.15, -0.1) is 0 Å². The maximum Gasteiger partial charge on any atom is 0.311 e. The highest BCUT2D eigenvalue weighted by Gasteiger charge is 2.36. The van der Waals surface area contributed by atoms with E-state index in [0.717, 1.165) is 11.3 Å². The van der Waals surface area contributed by atoms with Crippen LogP contribution in [-0.4, -0.2) is 35.7 Å². The molecule has 1 aromatic heterocycles. The highest BCUT2D eigenvalue weighted by atomic mass is 16.5. The molecule has 1 saturated heterocycles. The van der Waals surface area contributed by atoms with Gasteiger partial charge in [-0.3, -0.25) is 19.6 Å². The lowest BCUT2D eigenvalue weighted by Crippen LogP contribution is -2.26. The zero-order valence-corrected chi connectivity index (χ0v) is 12.5. The molecule has 2 heterocycles. The first kappa shape index (κ1) is 14.3. The average Bonchev–Trinajstić information content (AvgIpc) is 3.14. The Kier molecular flexibility index (Phi) is 3.66. The van der Waals surface area contributed by atoms with Crippen molar-refractivity contribution >= 4 is 17.7 Å². The molecule has 1 aromatic carbocycles. The van der Waals surface area contributed by atoms with Gasteiger partial charge in [0.2, 0.25) is 5.91 Å². The van der Waals surface area contributed by atoms with Crippen LogP contribution in [-0.2, 0) is 14.3 Å². The van der Waals surface area contributed by atoms with Crippen LogP contribution in [0.2, 0.25) is 0 Å². The minimum Gasteiger partial charge on any atom is -0.469 e. The molecule has 1 aliphatic heterocycles. The monoisotopic (exact) mass is 299 g/mol. The molecule has 1 aliphatic rings. The van der Waals surface area contributed by atoms with Gasteiger partial charge in [0.05, 0.1) is 18.7 Å². The molecule has 6 nitrogen and oxygen atoms in total. The Balaban J connectivity index is 1.80. The number of nitrogens with zero attached hydrogens (tertiary/aromatic N) is 2.